The minimum atomic E-state index is -1.08. The van der Waals surface area contributed by atoms with E-state index in [9.17, 15) is 13.6 Å². The molecule has 158 valence electrons. The van der Waals surface area contributed by atoms with Crippen LogP contribution in [0.5, 0.6) is 0 Å². The second kappa shape index (κ2) is 8.05. The van der Waals surface area contributed by atoms with Crippen molar-refractivity contribution >= 4 is 44.7 Å². The van der Waals surface area contributed by atoms with Crippen molar-refractivity contribution in [1.29, 1.82) is 0 Å². The summed E-state index contributed by atoms with van der Waals surface area (Å²) in [4.78, 5) is 21.0. The molecule has 0 aliphatic carbocycles. The van der Waals surface area contributed by atoms with Gasteiger partial charge < -0.3 is 9.88 Å². The van der Waals surface area contributed by atoms with Gasteiger partial charge in [-0.2, -0.15) is 0 Å². The Kier molecular flexibility index (Phi) is 5.07. The van der Waals surface area contributed by atoms with Gasteiger partial charge in [-0.25, -0.2) is 8.78 Å². The molecule has 0 atom stereocenters. The van der Waals surface area contributed by atoms with E-state index in [1.165, 1.54) is 12.1 Å². The Morgan fingerprint density at radius 1 is 0.938 bits per heavy atom. The zero-order chi connectivity index (χ0) is 22.2. The standard InChI is InChI=1S/C25H16ClF2N3O/c26-17-5-3-6-18(11-17)31(22-13-29-12-15-4-1-2-7-19(15)22)14-16-10-23(32)30-25-20(16)8-9-21(27)24(25)28/h1-13H,14H2,(H,30,32). The van der Waals surface area contributed by atoms with Gasteiger partial charge in [-0.1, -0.05) is 41.9 Å². The molecule has 0 radical (unpaired) electrons. The van der Waals surface area contributed by atoms with Crippen LogP contribution in [0.3, 0.4) is 0 Å². The molecule has 0 bridgehead atoms. The van der Waals surface area contributed by atoms with Crippen LogP contribution < -0.4 is 10.5 Å². The van der Waals surface area contributed by atoms with Crippen LogP contribution in [0.15, 0.2) is 83.9 Å². The first-order chi connectivity index (χ1) is 15.5. The third kappa shape index (κ3) is 3.59. The average molecular weight is 448 g/mol. The fraction of sp³-hybridized carbons (Fsp3) is 0.0400. The monoisotopic (exact) mass is 447 g/mol. The third-order valence-corrected chi connectivity index (χ3v) is 5.62. The number of anilines is 2. The van der Waals surface area contributed by atoms with Crippen molar-refractivity contribution in [1.82, 2.24) is 9.97 Å². The summed E-state index contributed by atoms with van der Waals surface area (Å²) in [5, 5.41) is 2.86. The van der Waals surface area contributed by atoms with Gasteiger partial charge in [-0.3, -0.25) is 9.78 Å². The average Bonchev–Trinajstić information content (AvgIpc) is 2.80. The number of nitrogens with zero attached hydrogens (tertiary/aromatic N) is 2. The zero-order valence-corrected chi connectivity index (χ0v) is 17.4. The molecule has 5 rings (SSSR count). The van der Waals surface area contributed by atoms with Crippen molar-refractivity contribution in [3.63, 3.8) is 0 Å². The molecule has 0 saturated carbocycles. The van der Waals surface area contributed by atoms with E-state index >= 15 is 0 Å². The maximum Gasteiger partial charge on any atom is 0.248 e. The van der Waals surface area contributed by atoms with Crippen molar-refractivity contribution in [2.24, 2.45) is 0 Å². The Balaban J connectivity index is 1.74. The second-order valence-corrected chi connectivity index (χ2v) is 7.82. The highest BCUT2D eigenvalue weighted by atomic mass is 35.5. The Bertz CT molecular complexity index is 1530. The highest BCUT2D eigenvalue weighted by molar-refractivity contribution is 6.30. The van der Waals surface area contributed by atoms with Gasteiger partial charge in [-0.15, -0.1) is 0 Å². The number of benzene rings is 3. The summed E-state index contributed by atoms with van der Waals surface area (Å²) in [6.45, 7) is 0.210. The molecule has 0 amide bonds. The molecular formula is C25H16ClF2N3O. The van der Waals surface area contributed by atoms with Gasteiger partial charge in [0.1, 0.15) is 0 Å². The van der Waals surface area contributed by atoms with Crippen LogP contribution in [0.4, 0.5) is 20.2 Å². The minimum Gasteiger partial charge on any atom is -0.335 e. The predicted molar refractivity (Wildman–Crippen MR) is 124 cm³/mol. The maximum absolute atomic E-state index is 14.4. The van der Waals surface area contributed by atoms with Crippen LogP contribution in [0.2, 0.25) is 5.02 Å². The summed E-state index contributed by atoms with van der Waals surface area (Å²) in [7, 11) is 0. The van der Waals surface area contributed by atoms with Gasteiger partial charge in [0.15, 0.2) is 11.6 Å². The van der Waals surface area contributed by atoms with E-state index in [0.717, 1.165) is 28.2 Å². The molecule has 2 heterocycles. The Morgan fingerprint density at radius 2 is 1.78 bits per heavy atom. The lowest BCUT2D eigenvalue weighted by molar-refractivity contribution is 0.515. The lowest BCUT2D eigenvalue weighted by atomic mass is 10.1. The van der Waals surface area contributed by atoms with Gasteiger partial charge in [0.25, 0.3) is 0 Å². The van der Waals surface area contributed by atoms with E-state index in [2.05, 4.69) is 9.97 Å². The summed E-state index contributed by atoms with van der Waals surface area (Å²) < 4.78 is 28.2. The number of aromatic amines is 1. The summed E-state index contributed by atoms with van der Waals surface area (Å²) in [6.07, 6.45) is 3.51. The van der Waals surface area contributed by atoms with E-state index in [1.54, 1.807) is 24.5 Å². The number of fused-ring (bicyclic) bond motifs is 2. The molecule has 2 aromatic heterocycles. The SMILES string of the molecule is O=c1cc(CN(c2cccc(Cl)c2)c2cncc3ccccc23)c2ccc(F)c(F)c2[nH]1. The van der Waals surface area contributed by atoms with E-state index in [4.69, 9.17) is 11.6 Å². The number of H-pyrrole nitrogens is 1. The molecule has 0 aliphatic heterocycles. The van der Waals surface area contributed by atoms with E-state index in [-0.39, 0.29) is 12.1 Å². The first-order valence-electron chi connectivity index (χ1n) is 9.87. The molecular weight excluding hydrogens is 432 g/mol. The molecule has 4 nitrogen and oxygen atoms in total. The number of nitrogens with one attached hydrogen (secondary N) is 1. The van der Waals surface area contributed by atoms with Crippen LogP contribution in [-0.4, -0.2) is 9.97 Å². The smallest absolute Gasteiger partial charge is 0.248 e. The Morgan fingerprint density at radius 3 is 2.62 bits per heavy atom. The molecule has 5 aromatic rings. The quantitative estimate of drug-likeness (QED) is 0.349. The highest BCUT2D eigenvalue weighted by Crippen LogP contribution is 2.35. The molecule has 0 spiro atoms. The summed E-state index contributed by atoms with van der Waals surface area (Å²) >= 11 is 6.27. The molecule has 3 aromatic carbocycles. The van der Waals surface area contributed by atoms with Gasteiger partial charge in [0.05, 0.1) is 17.4 Å². The van der Waals surface area contributed by atoms with Crippen molar-refractivity contribution in [2.75, 3.05) is 4.90 Å². The van der Waals surface area contributed by atoms with Crippen LogP contribution >= 0.6 is 11.6 Å². The van der Waals surface area contributed by atoms with Gasteiger partial charge >= 0.3 is 0 Å². The normalized spacial score (nSPS) is 11.2. The molecule has 7 heteroatoms. The lowest BCUT2D eigenvalue weighted by Crippen LogP contribution is -2.19. The number of pyridine rings is 2. The zero-order valence-electron chi connectivity index (χ0n) is 16.6. The summed E-state index contributed by atoms with van der Waals surface area (Å²) in [6, 6.07) is 19.0. The van der Waals surface area contributed by atoms with Crippen LogP contribution in [0.1, 0.15) is 5.56 Å². The first-order valence-corrected chi connectivity index (χ1v) is 10.2. The van der Waals surface area contributed by atoms with Gasteiger partial charge in [0.2, 0.25) is 5.56 Å². The number of halogens is 3. The van der Waals surface area contributed by atoms with Crippen molar-refractivity contribution < 1.29 is 8.78 Å². The van der Waals surface area contributed by atoms with Crippen molar-refractivity contribution in [3.8, 4) is 0 Å². The molecule has 0 saturated heterocycles. The first kappa shape index (κ1) is 20.2. The topological polar surface area (TPSA) is 49.0 Å². The third-order valence-electron chi connectivity index (χ3n) is 5.38. The van der Waals surface area contributed by atoms with Crippen molar-refractivity contribution in [3.05, 3.63) is 112 Å². The fourth-order valence-electron chi connectivity index (χ4n) is 3.91. The maximum atomic E-state index is 14.4. The number of hydrogen-bond donors (Lipinski definition) is 1. The molecule has 1 N–H and O–H groups in total. The largest absolute Gasteiger partial charge is 0.335 e. The summed E-state index contributed by atoms with van der Waals surface area (Å²) in [5.41, 5.74) is 1.43. The van der Waals surface area contributed by atoms with Crippen molar-refractivity contribution in [2.45, 2.75) is 6.54 Å². The van der Waals surface area contributed by atoms with E-state index in [0.29, 0.717) is 16.0 Å². The van der Waals surface area contributed by atoms with Crippen LogP contribution in [0, 0.1) is 11.6 Å². The van der Waals surface area contributed by atoms with E-state index in [1.807, 2.05) is 41.3 Å². The molecule has 0 fully saturated rings. The number of hydrogen-bond acceptors (Lipinski definition) is 3. The second-order valence-electron chi connectivity index (χ2n) is 7.39. The fourth-order valence-corrected chi connectivity index (χ4v) is 4.10. The predicted octanol–water partition coefficient (Wildman–Crippen LogP) is 6.35. The molecule has 0 unspecified atom stereocenters. The van der Waals surface area contributed by atoms with Gasteiger partial charge in [-0.05, 0) is 35.9 Å². The van der Waals surface area contributed by atoms with Crippen LogP contribution in [-0.2, 0) is 6.54 Å². The van der Waals surface area contributed by atoms with Gasteiger partial charge in [0, 0.05) is 45.7 Å². The van der Waals surface area contributed by atoms with E-state index < -0.39 is 17.2 Å². The Hall–Kier alpha value is -3.77. The summed E-state index contributed by atoms with van der Waals surface area (Å²) in [5.74, 6) is -2.10. The highest BCUT2D eigenvalue weighted by Gasteiger charge is 2.18. The van der Waals surface area contributed by atoms with Crippen LogP contribution in [0.25, 0.3) is 21.7 Å². The molecule has 32 heavy (non-hydrogen) atoms. The number of aromatic nitrogens is 2. The Labute approximate surface area is 186 Å². The lowest BCUT2D eigenvalue weighted by Gasteiger charge is -2.27. The number of rotatable bonds is 4. The molecule has 0 aliphatic rings. The minimum absolute atomic E-state index is 0.158.